The van der Waals surface area contributed by atoms with Crippen LogP contribution in [0.3, 0.4) is 0 Å². The highest BCUT2D eigenvalue weighted by Crippen LogP contribution is 2.57. The predicted molar refractivity (Wildman–Crippen MR) is 259 cm³/mol. The van der Waals surface area contributed by atoms with Gasteiger partial charge < -0.3 is 10.6 Å². The van der Waals surface area contributed by atoms with E-state index in [1.165, 1.54) is 65.2 Å². The molecule has 3 aliphatic carbocycles. The minimum Gasteiger partial charge on any atom is -0.404 e. The van der Waals surface area contributed by atoms with Crippen LogP contribution in [0.4, 0.5) is 0 Å². The molecule has 0 fully saturated rings. The van der Waals surface area contributed by atoms with Crippen molar-refractivity contribution in [2.24, 2.45) is 11.1 Å². The van der Waals surface area contributed by atoms with Crippen LogP contribution in [0.5, 0.6) is 0 Å². The van der Waals surface area contributed by atoms with Crippen molar-refractivity contribution >= 4 is 27.0 Å². The Morgan fingerprint density at radius 3 is 2.42 bits per heavy atom. The molecule has 1 atom stereocenters. The van der Waals surface area contributed by atoms with Crippen molar-refractivity contribution in [2.75, 3.05) is 13.1 Å². The molecule has 3 aliphatic rings. The van der Waals surface area contributed by atoms with E-state index < -0.39 is 5.41 Å². The molecule has 0 radical (unpaired) electrons. The monoisotopic (exact) mass is 794 g/mol. The molecular formula is C56H62N2S. The number of hydrogen-bond donors (Lipinski definition) is 1. The fraction of sp³-hybridized carbons (Fsp3) is 0.268. The van der Waals surface area contributed by atoms with Gasteiger partial charge in [0.25, 0.3) is 0 Å². The van der Waals surface area contributed by atoms with Crippen molar-refractivity contribution in [1.82, 2.24) is 4.90 Å². The Labute approximate surface area is 359 Å². The maximum atomic E-state index is 6.59. The first kappa shape index (κ1) is 43.0. The molecule has 1 aromatic heterocycles. The topological polar surface area (TPSA) is 29.3 Å². The van der Waals surface area contributed by atoms with Gasteiger partial charge in [-0.15, -0.1) is 23.6 Å². The zero-order chi connectivity index (χ0) is 42.3. The van der Waals surface area contributed by atoms with Crippen LogP contribution in [0.25, 0.3) is 15.7 Å². The van der Waals surface area contributed by atoms with Crippen LogP contribution in [-0.4, -0.2) is 18.0 Å². The number of nitrogens with two attached hydrogens (primary N) is 1. The normalized spacial score (nSPS) is 21.7. The summed E-state index contributed by atoms with van der Waals surface area (Å²) in [6.45, 7) is 28.4. The molecule has 6 rings (SSSR count). The lowest BCUT2D eigenvalue weighted by atomic mass is 9.66. The summed E-state index contributed by atoms with van der Waals surface area (Å²) < 4.78 is 1.31. The molecule has 2 N–H and O–H groups in total. The molecule has 302 valence electrons. The van der Waals surface area contributed by atoms with Gasteiger partial charge in [-0.25, -0.2) is 0 Å². The molecule has 1 unspecified atom stereocenters. The zero-order valence-corrected chi connectivity index (χ0v) is 37.4. The van der Waals surface area contributed by atoms with E-state index in [-0.39, 0.29) is 5.41 Å². The Morgan fingerprint density at radius 1 is 0.983 bits per heavy atom. The summed E-state index contributed by atoms with van der Waals surface area (Å²) in [4.78, 5) is 3.78. The maximum absolute atomic E-state index is 6.59. The van der Waals surface area contributed by atoms with Gasteiger partial charge >= 0.3 is 0 Å². The van der Waals surface area contributed by atoms with E-state index >= 15 is 0 Å². The summed E-state index contributed by atoms with van der Waals surface area (Å²) in [7, 11) is 0. The van der Waals surface area contributed by atoms with Crippen LogP contribution in [0.15, 0.2) is 208 Å². The van der Waals surface area contributed by atoms with Gasteiger partial charge in [0.15, 0.2) is 0 Å². The second-order valence-electron chi connectivity index (χ2n) is 16.3. The number of aryl methyl sites for hydroxylation is 1. The van der Waals surface area contributed by atoms with Crippen molar-refractivity contribution < 1.29 is 0 Å². The van der Waals surface area contributed by atoms with Crippen molar-refractivity contribution in [3.8, 4) is 0 Å². The van der Waals surface area contributed by atoms with Gasteiger partial charge in [-0.05, 0) is 123 Å². The van der Waals surface area contributed by atoms with Crippen LogP contribution in [-0.2, 0) is 5.41 Å². The van der Waals surface area contributed by atoms with Gasteiger partial charge in [0.05, 0.1) is 5.41 Å². The molecule has 3 aromatic rings. The summed E-state index contributed by atoms with van der Waals surface area (Å²) in [6.07, 6.45) is 31.3. The van der Waals surface area contributed by atoms with Crippen LogP contribution in [0.2, 0.25) is 0 Å². The minimum atomic E-state index is -0.498. The largest absolute Gasteiger partial charge is 0.404 e. The van der Waals surface area contributed by atoms with Crippen LogP contribution in [0, 0.1) is 12.3 Å². The van der Waals surface area contributed by atoms with Crippen molar-refractivity contribution in [1.29, 1.82) is 0 Å². The SMILES string of the molecule is C=CCC/C=C(\C)C1(c2ccccc2)C(=C)/C(=C\C=C(/C)N(C/C=C\C(=C/C)CC)C/C=C2\C(=C/N)C(c3sc4ccccc4c3C)=C(C)C2(C)C)C2=C1C=CC=C=C2. The minimum absolute atomic E-state index is 0.181. The first-order valence-electron chi connectivity index (χ1n) is 21.1. The Morgan fingerprint density at radius 2 is 1.73 bits per heavy atom. The van der Waals surface area contributed by atoms with Gasteiger partial charge in [0.2, 0.25) is 0 Å². The van der Waals surface area contributed by atoms with Crippen LogP contribution < -0.4 is 5.73 Å². The summed E-state index contributed by atoms with van der Waals surface area (Å²) in [5.74, 6) is 0. The Balaban J connectivity index is 1.43. The first-order chi connectivity index (χ1) is 28.5. The molecule has 0 amide bonds. The van der Waals surface area contributed by atoms with Crippen molar-refractivity contribution in [3.05, 3.63) is 224 Å². The quantitative estimate of drug-likeness (QED) is 0.0762. The predicted octanol–water partition coefficient (Wildman–Crippen LogP) is 14.8. The number of rotatable bonds is 14. The zero-order valence-electron chi connectivity index (χ0n) is 36.6. The van der Waals surface area contributed by atoms with Crippen molar-refractivity contribution in [3.63, 3.8) is 0 Å². The second kappa shape index (κ2) is 18.5. The Bertz CT molecular complexity index is 2520. The van der Waals surface area contributed by atoms with Gasteiger partial charge in [0.1, 0.15) is 0 Å². The van der Waals surface area contributed by atoms with Crippen molar-refractivity contribution in [2.45, 2.75) is 80.1 Å². The lowest BCUT2D eigenvalue weighted by molar-refractivity contribution is 0.418. The average molecular weight is 795 g/mol. The lowest BCUT2D eigenvalue weighted by Crippen LogP contribution is -2.29. The summed E-state index contributed by atoms with van der Waals surface area (Å²) in [6, 6.07) is 19.6. The van der Waals surface area contributed by atoms with E-state index in [4.69, 9.17) is 12.3 Å². The molecule has 1 heterocycles. The highest BCUT2D eigenvalue weighted by Gasteiger charge is 2.47. The summed E-state index contributed by atoms with van der Waals surface area (Å²) >= 11 is 1.87. The number of thiophene rings is 1. The third kappa shape index (κ3) is 8.07. The number of nitrogens with zero attached hydrogens (tertiary/aromatic N) is 1. The Kier molecular flexibility index (Phi) is 13.5. The molecule has 0 saturated carbocycles. The fourth-order valence-corrected chi connectivity index (χ4v) is 10.4. The number of hydrogen-bond acceptors (Lipinski definition) is 3. The summed E-state index contributed by atoms with van der Waals surface area (Å²) in [5.41, 5.74) is 25.3. The number of fused-ring (bicyclic) bond motifs is 1. The Hall–Kier alpha value is -5.60. The van der Waals surface area contributed by atoms with Crippen LogP contribution in [0.1, 0.15) is 83.7 Å². The first-order valence-corrected chi connectivity index (χ1v) is 21.9. The molecule has 2 aromatic carbocycles. The smallest absolute Gasteiger partial charge is 0.0665 e. The summed E-state index contributed by atoms with van der Waals surface area (Å²) in [5, 5.41) is 1.32. The molecule has 0 saturated heterocycles. The van der Waals surface area contributed by atoms with E-state index in [1.54, 1.807) is 0 Å². The lowest BCUT2D eigenvalue weighted by Gasteiger charge is -2.35. The van der Waals surface area contributed by atoms with E-state index in [0.29, 0.717) is 0 Å². The molecule has 0 spiro atoms. The molecule has 2 nitrogen and oxygen atoms in total. The molecular weight excluding hydrogens is 733 g/mol. The van der Waals surface area contributed by atoms with E-state index in [1.807, 2.05) is 29.7 Å². The molecule has 0 aliphatic heterocycles. The van der Waals surface area contributed by atoms with E-state index in [9.17, 15) is 0 Å². The van der Waals surface area contributed by atoms with Gasteiger partial charge in [-0.2, -0.15) is 0 Å². The highest BCUT2D eigenvalue weighted by atomic mass is 32.1. The number of unbranched alkanes of at least 4 members (excludes halogenated alkanes) is 1. The fourth-order valence-electron chi connectivity index (χ4n) is 9.09. The van der Waals surface area contributed by atoms with Crippen LogP contribution >= 0.6 is 11.3 Å². The number of allylic oxidation sites excluding steroid dienone is 20. The molecule has 59 heavy (non-hydrogen) atoms. The molecule has 3 heteroatoms. The van der Waals surface area contributed by atoms with E-state index in [2.05, 4.69) is 188 Å². The maximum Gasteiger partial charge on any atom is 0.0665 e. The third-order valence-corrected chi connectivity index (χ3v) is 14.1. The highest BCUT2D eigenvalue weighted by molar-refractivity contribution is 7.20. The second-order valence-corrected chi connectivity index (χ2v) is 17.4. The average Bonchev–Trinajstić information content (AvgIpc) is 3.65. The van der Waals surface area contributed by atoms with E-state index in [0.717, 1.165) is 54.6 Å². The standard InChI is InChI=1S/C56H62N2S/c1-11-14-17-25-39(4)56(45-27-18-15-19-28-45)42(7)47(48-30-20-16-21-31-51(48)56)34-33-40(5)58(36-24-26-44(12-2)13-3)37-35-50-49(38-57)53(43(8)55(50,9)10)54-41(6)46-29-22-23-32-52(46)59-54/h11-12,15-16,18-19,21-35,38H,1,7,13-14,17,36-37,57H2,2-6,8-10H3/b26-24-,39-25+,40-33+,44-12-,47-34+,49-38+,50-35+. The van der Waals surface area contributed by atoms with Gasteiger partial charge in [-0.1, -0.05) is 147 Å². The molecule has 0 bridgehead atoms. The van der Waals surface area contributed by atoms with Gasteiger partial charge in [-0.3, -0.25) is 0 Å². The van der Waals surface area contributed by atoms with Gasteiger partial charge in [0, 0.05) is 51.1 Å². The third-order valence-electron chi connectivity index (χ3n) is 12.8. The number of benzene rings is 2.